The molecule has 21 heavy (non-hydrogen) atoms. The van der Waals surface area contributed by atoms with Gasteiger partial charge >= 0.3 is 0 Å². The summed E-state index contributed by atoms with van der Waals surface area (Å²) in [7, 11) is -4.07. The van der Waals surface area contributed by atoms with E-state index in [0.29, 0.717) is 0 Å². The van der Waals surface area contributed by atoms with Crippen molar-refractivity contribution >= 4 is 33.2 Å². The molecule has 0 atom stereocenters. The standard InChI is InChI=1S/C12H9ClFN3O3S/c13-11-6-8(3-4-16-11)21(19,20)17-10-5-7(12(15)18)1-2-9(10)14/h1-6,17H,(H2,15,18). The maximum atomic E-state index is 13.6. The largest absolute Gasteiger partial charge is 0.366 e. The van der Waals surface area contributed by atoms with E-state index >= 15 is 0 Å². The number of nitrogens with zero attached hydrogens (tertiary/aromatic N) is 1. The van der Waals surface area contributed by atoms with E-state index in [-0.39, 0.29) is 21.3 Å². The number of hydrogen-bond donors (Lipinski definition) is 2. The van der Waals surface area contributed by atoms with Crippen LogP contribution in [-0.4, -0.2) is 19.3 Å². The third-order valence-electron chi connectivity index (χ3n) is 2.50. The zero-order chi connectivity index (χ0) is 15.6. The number of carbonyl (C=O) groups is 1. The average molecular weight is 330 g/mol. The highest BCUT2D eigenvalue weighted by atomic mass is 35.5. The molecule has 0 aliphatic carbocycles. The van der Waals surface area contributed by atoms with Crippen LogP contribution in [-0.2, 0) is 10.0 Å². The molecule has 0 unspecified atom stereocenters. The van der Waals surface area contributed by atoms with Gasteiger partial charge in [0.1, 0.15) is 11.0 Å². The van der Waals surface area contributed by atoms with E-state index in [0.717, 1.165) is 24.3 Å². The van der Waals surface area contributed by atoms with Crippen molar-refractivity contribution < 1.29 is 17.6 Å². The number of aromatic nitrogens is 1. The van der Waals surface area contributed by atoms with Gasteiger partial charge in [-0.3, -0.25) is 9.52 Å². The van der Waals surface area contributed by atoms with Crippen molar-refractivity contribution in [2.24, 2.45) is 5.73 Å². The Morgan fingerprint density at radius 2 is 2.00 bits per heavy atom. The molecular formula is C12H9ClFN3O3S. The van der Waals surface area contributed by atoms with Crippen molar-refractivity contribution in [2.45, 2.75) is 4.90 Å². The molecule has 0 aliphatic rings. The van der Waals surface area contributed by atoms with E-state index in [1.807, 2.05) is 4.72 Å². The molecule has 0 spiro atoms. The van der Waals surface area contributed by atoms with Crippen LogP contribution in [0.15, 0.2) is 41.4 Å². The number of nitrogens with two attached hydrogens (primary N) is 1. The van der Waals surface area contributed by atoms with E-state index in [1.54, 1.807) is 0 Å². The van der Waals surface area contributed by atoms with Crippen LogP contribution in [0.1, 0.15) is 10.4 Å². The molecular weight excluding hydrogens is 321 g/mol. The summed E-state index contributed by atoms with van der Waals surface area (Å²) in [6, 6.07) is 5.41. The number of nitrogens with one attached hydrogen (secondary N) is 1. The summed E-state index contributed by atoms with van der Waals surface area (Å²) in [4.78, 5) is 14.5. The number of carbonyl (C=O) groups excluding carboxylic acids is 1. The van der Waals surface area contributed by atoms with Crippen LogP contribution in [0.3, 0.4) is 0 Å². The lowest BCUT2D eigenvalue weighted by molar-refractivity contribution is 0.100. The molecule has 0 saturated carbocycles. The van der Waals surface area contributed by atoms with Gasteiger partial charge in [0.2, 0.25) is 5.91 Å². The zero-order valence-corrected chi connectivity index (χ0v) is 12.0. The maximum absolute atomic E-state index is 13.6. The maximum Gasteiger partial charge on any atom is 0.262 e. The second-order valence-corrected chi connectivity index (χ2v) is 6.05. The monoisotopic (exact) mass is 329 g/mol. The lowest BCUT2D eigenvalue weighted by Crippen LogP contribution is -2.16. The van der Waals surface area contributed by atoms with Gasteiger partial charge in [-0.1, -0.05) is 11.6 Å². The van der Waals surface area contributed by atoms with Gasteiger partial charge in [-0.05, 0) is 30.3 Å². The second kappa shape index (κ2) is 5.66. The Kier molecular flexibility index (Phi) is 4.10. The molecule has 1 amide bonds. The highest BCUT2D eigenvalue weighted by Gasteiger charge is 2.18. The molecule has 1 aromatic heterocycles. The van der Waals surface area contributed by atoms with Gasteiger partial charge in [0.25, 0.3) is 10.0 Å². The van der Waals surface area contributed by atoms with E-state index in [2.05, 4.69) is 4.98 Å². The topological polar surface area (TPSA) is 102 Å². The molecule has 1 aromatic carbocycles. The Labute approximate surface area is 124 Å². The van der Waals surface area contributed by atoms with Crippen LogP contribution in [0.5, 0.6) is 0 Å². The van der Waals surface area contributed by atoms with E-state index < -0.39 is 21.7 Å². The van der Waals surface area contributed by atoms with Crippen LogP contribution in [0.2, 0.25) is 5.15 Å². The third-order valence-corrected chi connectivity index (χ3v) is 4.07. The summed E-state index contributed by atoms with van der Waals surface area (Å²) in [5.41, 5.74) is 4.65. The van der Waals surface area contributed by atoms with Crippen molar-refractivity contribution in [3.05, 3.63) is 53.1 Å². The summed E-state index contributed by atoms with van der Waals surface area (Å²) in [5.74, 6) is -1.65. The highest BCUT2D eigenvalue weighted by molar-refractivity contribution is 7.92. The summed E-state index contributed by atoms with van der Waals surface area (Å²) >= 11 is 5.61. The number of primary amides is 1. The Hall–Kier alpha value is -2.19. The molecule has 3 N–H and O–H groups in total. The predicted octanol–water partition coefficient (Wildman–Crippen LogP) is 1.77. The summed E-state index contributed by atoms with van der Waals surface area (Å²) in [5, 5.41) is -0.0239. The lowest BCUT2D eigenvalue weighted by Gasteiger charge is -2.10. The zero-order valence-electron chi connectivity index (χ0n) is 10.4. The first-order valence-electron chi connectivity index (χ1n) is 5.53. The van der Waals surface area contributed by atoms with Gasteiger partial charge in [-0.2, -0.15) is 0 Å². The first-order chi connectivity index (χ1) is 9.79. The molecule has 0 fully saturated rings. The summed E-state index contributed by atoms with van der Waals surface area (Å²) in [6.07, 6.45) is 1.20. The van der Waals surface area contributed by atoms with Crippen LogP contribution in [0, 0.1) is 5.82 Å². The quantitative estimate of drug-likeness (QED) is 0.834. The average Bonchev–Trinajstić information content (AvgIpc) is 2.41. The number of pyridine rings is 1. The van der Waals surface area contributed by atoms with Gasteiger partial charge in [0.05, 0.1) is 10.6 Å². The number of halogens is 2. The molecule has 0 saturated heterocycles. The van der Waals surface area contributed by atoms with Gasteiger partial charge in [0, 0.05) is 11.8 Å². The smallest absolute Gasteiger partial charge is 0.262 e. The Morgan fingerprint density at radius 1 is 1.29 bits per heavy atom. The van der Waals surface area contributed by atoms with Crippen molar-refractivity contribution in [1.82, 2.24) is 4.98 Å². The summed E-state index contributed by atoms with van der Waals surface area (Å²) < 4.78 is 39.9. The minimum Gasteiger partial charge on any atom is -0.366 e. The Bertz CT molecular complexity index is 811. The van der Waals surface area contributed by atoms with E-state index in [1.165, 1.54) is 12.3 Å². The molecule has 6 nitrogen and oxygen atoms in total. The van der Waals surface area contributed by atoms with Crippen LogP contribution in [0.4, 0.5) is 10.1 Å². The fourth-order valence-electron chi connectivity index (χ4n) is 1.51. The predicted molar refractivity (Wildman–Crippen MR) is 75.0 cm³/mol. The minimum absolute atomic E-state index is 0.0239. The molecule has 0 radical (unpaired) electrons. The van der Waals surface area contributed by atoms with Crippen LogP contribution < -0.4 is 10.5 Å². The Balaban J connectivity index is 2.41. The molecule has 2 rings (SSSR count). The molecule has 110 valence electrons. The SMILES string of the molecule is NC(=O)c1ccc(F)c(NS(=O)(=O)c2ccnc(Cl)c2)c1. The fourth-order valence-corrected chi connectivity index (χ4v) is 2.82. The number of sulfonamides is 1. The van der Waals surface area contributed by atoms with Crippen LogP contribution in [0.25, 0.3) is 0 Å². The van der Waals surface area contributed by atoms with Gasteiger partial charge in [-0.25, -0.2) is 17.8 Å². The fraction of sp³-hybridized carbons (Fsp3) is 0. The minimum atomic E-state index is -4.07. The second-order valence-electron chi connectivity index (χ2n) is 3.98. The van der Waals surface area contributed by atoms with Crippen molar-refractivity contribution in [1.29, 1.82) is 0 Å². The first-order valence-corrected chi connectivity index (χ1v) is 7.39. The molecule has 0 aliphatic heterocycles. The highest BCUT2D eigenvalue weighted by Crippen LogP contribution is 2.21. The number of hydrogen-bond acceptors (Lipinski definition) is 4. The van der Waals surface area contributed by atoms with Crippen molar-refractivity contribution in [3.8, 4) is 0 Å². The molecule has 0 bridgehead atoms. The van der Waals surface area contributed by atoms with Gasteiger partial charge in [-0.15, -0.1) is 0 Å². The molecule has 9 heteroatoms. The van der Waals surface area contributed by atoms with Gasteiger partial charge in [0.15, 0.2) is 0 Å². The summed E-state index contributed by atoms with van der Waals surface area (Å²) in [6.45, 7) is 0. The number of amides is 1. The van der Waals surface area contributed by atoms with Gasteiger partial charge < -0.3 is 5.73 Å². The number of rotatable bonds is 4. The van der Waals surface area contributed by atoms with Crippen LogP contribution >= 0.6 is 11.6 Å². The van der Waals surface area contributed by atoms with Crippen molar-refractivity contribution in [3.63, 3.8) is 0 Å². The molecule has 2 aromatic rings. The van der Waals surface area contributed by atoms with E-state index in [9.17, 15) is 17.6 Å². The van der Waals surface area contributed by atoms with E-state index in [4.69, 9.17) is 17.3 Å². The third kappa shape index (κ3) is 3.47. The number of anilines is 1. The van der Waals surface area contributed by atoms with Crippen molar-refractivity contribution in [2.75, 3.05) is 4.72 Å². The Morgan fingerprint density at radius 3 is 2.62 bits per heavy atom. The first kappa shape index (κ1) is 15.2. The lowest BCUT2D eigenvalue weighted by atomic mass is 10.2. The normalized spacial score (nSPS) is 11.1. The number of benzene rings is 1. The molecule has 1 heterocycles.